The number of hydrogen-bond acceptors (Lipinski definition) is 4. The third kappa shape index (κ3) is 3.03. The molecule has 4 nitrogen and oxygen atoms in total. The first-order valence-electron chi connectivity index (χ1n) is 6.11. The molecule has 0 radical (unpaired) electrons. The molecule has 1 aromatic rings. The van der Waals surface area contributed by atoms with Crippen molar-refractivity contribution in [2.45, 2.75) is 19.0 Å². The Morgan fingerprint density at radius 1 is 1.39 bits per heavy atom. The van der Waals surface area contributed by atoms with Gasteiger partial charge in [0.15, 0.2) is 11.5 Å². The molecule has 0 amide bonds. The van der Waals surface area contributed by atoms with E-state index in [9.17, 15) is 5.11 Å². The zero-order valence-electron chi connectivity index (χ0n) is 10.5. The summed E-state index contributed by atoms with van der Waals surface area (Å²) in [7, 11) is 1.53. The van der Waals surface area contributed by atoms with Crippen molar-refractivity contribution in [3.8, 4) is 11.5 Å². The molecule has 4 heteroatoms. The Bertz CT molecular complexity index is 431. The van der Waals surface area contributed by atoms with Crippen LogP contribution in [0.25, 0.3) is 0 Å². The minimum Gasteiger partial charge on any atom is -0.504 e. The fourth-order valence-electron chi connectivity index (χ4n) is 2.16. The van der Waals surface area contributed by atoms with Gasteiger partial charge in [-0.1, -0.05) is 18.2 Å². The zero-order chi connectivity index (χ0) is 13.0. The van der Waals surface area contributed by atoms with Gasteiger partial charge in [0, 0.05) is 25.1 Å². The molecule has 0 bridgehead atoms. The first-order chi connectivity index (χ1) is 8.72. The van der Waals surface area contributed by atoms with Crippen molar-refractivity contribution in [2.24, 2.45) is 5.92 Å². The normalized spacial score (nSPS) is 22.3. The Kier molecular flexibility index (Phi) is 4.23. The molecule has 3 N–H and O–H groups in total. The van der Waals surface area contributed by atoms with Crippen LogP contribution in [0.4, 0.5) is 0 Å². The van der Waals surface area contributed by atoms with E-state index in [1.165, 1.54) is 7.11 Å². The number of aliphatic hydroxyl groups excluding tert-OH is 1. The maximum absolute atomic E-state index is 9.66. The monoisotopic (exact) mass is 249 g/mol. The summed E-state index contributed by atoms with van der Waals surface area (Å²) in [6.07, 6.45) is 5.06. The lowest BCUT2D eigenvalue weighted by Gasteiger charge is -2.13. The highest BCUT2D eigenvalue weighted by atomic mass is 16.5. The predicted molar refractivity (Wildman–Crippen MR) is 69.6 cm³/mol. The number of phenolic OH excluding ortho intramolecular Hbond substituents is 1. The van der Waals surface area contributed by atoms with Crippen LogP contribution in [0.15, 0.2) is 30.4 Å². The van der Waals surface area contributed by atoms with Crippen LogP contribution in [0.3, 0.4) is 0 Å². The summed E-state index contributed by atoms with van der Waals surface area (Å²) in [4.78, 5) is 0. The SMILES string of the molecule is COc1ccc(CN[C@@H]2C=C[C@H](CO)C2)cc1O. The van der Waals surface area contributed by atoms with Crippen LogP contribution in [0.1, 0.15) is 12.0 Å². The second-order valence-corrected chi connectivity index (χ2v) is 4.56. The Morgan fingerprint density at radius 2 is 2.22 bits per heavy atom. The van der Waals surface area contributed by atoms with Gasteiger partial charge in [-0.3, -0.25) is 0 Å². The Morgan fingerprint density at radius 3 is 2.83 bits per heavy atom. The lowest BCUT2D eigenvalue weighted by molar-refractivity contribution is 0.246. The van der Waals surface area contributed by atoms with Crippen molar-refractivity contribution in [2.75, 3.05) is 13.7 Å². The van der Waals surface area contributed by atoms with E-state index in [1.54, 1.807) is 12.1 Å². The molecule has 0 aliphatic heterocycles. The maximum Gasteiger partial charge on any atom is 0.160 e. The number of rotatable bonds is 5. The van der Waals surface area contributed by atoms with Gasteiger partial charge in [-0.05, 0) is 24.1 Å². The molecule has 98 valence electrons. The molecular weight excluding hydrogens is 230 g/mol. The van der Waals surface area contributed by atoms with Crippen LogP contribution in [0, 0.1) is 5.92 Å². The minimum atomic E-state index is 0.159. The molecule has 1 aliphatic rings. The summed E-state index contributed by atoms with van der Waals surface area (Å²) >= 11 is 0. The van der Waals surface area contributed by atoms with Crippen molar-refractivity contribution >= 4 is 0 Å². The molecule has 0 spiro atoms. The summed E-state index contributed by atoms with van der Waals surface area (Å²) in [5, 5.41) is 22.1. The van der Waals surface area contributed by atoms with Crippen molar-refractivity contribution < 1.29 is 14.9 Å². The van der Waals surface area contributed by atoms with Gasteiger partial charge in [-0.25, -0.2) is 0 Å². The lowest BCUT2D eigenvalue weighted by Crippen LogP contribution is -2.26. The molecule has 2 atom stereocenters. The van der Waals surface area contributed by atoms with Crippen LogP contribution in [-0.4, -0.2) is 30.0 Å². The molecule has 0 saturated heterocycles. The van der Waals surface area contributed by atoms with Crippen LogP contribution in [0.2, 0.25) is 0 Å². The highest BCUT2D eigenvalue weighted by molar-refractivity contribution is 5.41. The van der Waals surface area contributed by atoms with Crippen LogP contribution in [-0.2, 0) is 6.54 Å². The molecule has 2 rings (SSSR count). The van der Waals surface area contributed by atoms with Crippen LogP contribution >= 0.6 is 0 Å². The summed E-state index contributed by atoms with van der Waals surface area (Å²) in [5.74, 6) is 0.915. The number of nitrogens with one attached hydrogen (secondary N) is 1. The molecule has 0 unspecified atom stereocenters. The van der Waals surface area contributed by atoms with Crippen molar-refractivity contribution in [1.82, 2.24) is 5.32 Å². The third-order valence-corrected chi connectivity index (χ3v) is 3.22. The Labute approximate surface area is 107 Å². The highest BCUT2D eigenvalue weighted by Gasteiger charge is 2.17. The van der Waals surface area contributed by atoms with E-state index in [-0.39, 0.29) is 18.3 Å². The number of methoxy groups -OCH3 is 1. The third-order valence-electron chi connectivity index (χ3n) is 3.22. The smallest absolute Gasteiger partial charge is 0.160 e. The molecule has 18 heavy (non-hydrogen) atoms. The van der Waals surface area contributed by atoms with E-state index in [4.69, 9.17) is 9.84 Å². The van der Waals surface area contributed by atoms with Crippen LogP contribution < -0.4 is 10.1 Å². The van der Waals surface area contributed by atoms with E-state index < -0.39 is 0 Å². The zero-order valence-corrected chi connectivity index (χ0v) is 10.5. The average Bonchev–Trinajstić information content (AvgIpc) is 2.84. The summed E-state index contributed by atoms with van der Waals surface area (Å²) < 4.78 is 5.00. The molecule has 1 aromatic carbocycles. The van der Waals surface area contributed by atoms with Gasteiger partial charge in [0.2, 0.25) is 0 Å². The van der Waals surface area contributed by atoms with Gasteiger partial charge in [0.1, 0.15) is 0 Å². The first kappa shape index (κ1) is 12.9. The second-order valence-electron chi connectivity index (χ2n) is 4.56. The van der Waals surface area contributed by atoms with Gasteiger partial charge in [0.25, 0.3) is 0 Å². The maximum atomic E-state index is 9.66. The number of aliphatic hydroxyl groups is 1. The van der Waals surface area contributed by atoms with Crippen molar-refractivity contribution in [3.05, 3.63) is 35.9 Å². The van der Waals surface area contributed by atoms with Gasteiger partial charge in [-0.2, -0.15) is 0 Å². The van der Waals surface area contributed by atoms with Crippen LogP contribution in [0.5, 0.6) is 11.5 Å². The highest BCUT2D eigenvalue weighted by Crippen LogP contribution is 2.26. The lowest BCUT2D eigenvalue weighted by atomic mass is 10.1. The fraction of sp³-hybridized carbons (Fsp3) is 0.429. The first-order valence-corrected chi connectivity index (χ1v) is 6.11. The van der Waals surface area contributed by atoms with Crippen molar-refractivity contribution in [1.29, 1.82) is 0 Å². The van der Waals surface area contributed by atoms with E-state index in [2.05, 4.69) is 11.4 Å². The number of ether oxygens (including phenoxy) is 1. The van der Waals surface area contributed by atoms with Crippen molar-refractivity contribution in [3.63, 3.8) is 0 Å². The van der Waals surface area contributed by atoms with Gasteiger partial charge in [-0.15, -0.1) is 0 Å². The van der Waals surface area contributed by atoms with Gasteiger partial charge in [0.05, 0.1) is 7.11 Å². The standard InChI is InChI=1S/C14H19NO3/c1-18-14-5-3-10(7-13(14)17)8-15-12-4-2-11(6-12)9-16/h2-5,7,11-12,15-17H,6,8-9H2,1H3/t11-,12+/m0/s1. The molecule has 0 heterocycles. The Hall–Kier alpha value is -1.52. The number of phenols is 1. The quantitative estimate of drug-likeness (QED) is 0.691. The predicted octanol–water partition coefficient (Wildman–Crippen LogP) is 1.43. The van der Waals surface area contributed by atoms with Gasteiger partial charge >= 0.3 is 0 Å². The summed E-state index contributed by atoms with van der Waals surface area (Å²) in [6, 6.07) is 5.68. The molecule has 1 aliphatic carbocycles. The van der Waals surface area contributed by atoms with E-state index in [0.717, 1.165) is 12.0 Å². The van der Waals surface area contributed by atoms with E-state index >= 15 is 0 Å². The number of benzene rings is 1. The number of aromatic hydroxyl groups is 1. The molecule has 0 fully saturated rings. The topological polar surface area (TPSA) is 61.7 Å². The van der Waals surface area contributed by atoms with E-state index in [0.29, 0.717) is 18.3 Å². The van der Waals surface area contributed by atoms with E-state index in [1.807, 2.05) is 12.1 Å². The molecule has 0 saturated carbocycles. The number of hydrogen-bond donors (Lipinski definition) is 3. The fourth-order valence-corrected chi connectivity index (χ4v) is 2.16. The minimum absolute atomic E-state index is 0.159. The molecular formula is C14H19NO3. The molecule has 0 aromatic heterocycles. The second kappa shape index (κ2) is 5.89. The van der Waals surface area contributed by atoms with Gasteiger partial charge < -0.3 is 20.3 Å². The Balaban J connectivity index is 1.87. The average molecular weight is 249 g/mol. The largest absolute Gasteiger partial charge is 0.504 e. The summed E-state index contributed by atoms with van der Waals surface area (Å²) in [6.45, 7) is 0.892. The summed E-state index contributed by atoms with van der Waals surface area (Å²) in [5.41, 5.74) is 1.01.